The number of hydrogen-bond donors (Lipinski definition) is 1. The fourth-order valence-corrected chi connectivity index (χ4v) is 3.08. The van der Waals surface area contributed by atoms with Crippen molar-refractivity contribution in [2.45, 2.75) is 18.9 Å². The van der Waals surface area contributed by atoms with E-state index in [0.29, 0.717) is 0 Å². The second-order valence-corrected chi connectivity index (χ2v) is 6.48. The number of fused-ring (bicyclic) bond motifs is 1. The number of carbonyl (C=O) groups excluding carboxylic acids is 2. The molecule has 6 heteroatoms. The molecule has 0 fully saturated rings. The number of carbonyl (C=O) groups is 2. The fourth-order valence-electron chi connectivity index (χ4n) is 3.08. The van der Waals surface area contributed by atoms with Gasteiger partial charge in [0.25, 0.3) is 0 Å². The Morgan fingerprint density at radius 2 is 1.61 bits per heavy atom. The number of amides is 1. The van der Waals surface area contributed by atoms with Crippen molar-refractivity contribution in [3.63, 3.8) is 0 Å². The smallest absolute Gasteiger partial charge is 0.328 e. The topological polar surface area (TPSA) is 55.4 Å². The van der Waals surface area contributed by atoms with Gasteiger partial charge in [0.05, 0.1) is 13.5 Å². The molecule has 0 saturated carbocycles. The third-order valence-corrected chi connectivity index (χ3v) is 4.36. The Hall–Kier alpha value is -3.28. The largest absolute Gasteiger partial charge is 0.467 e. The second kappa shape index (κ2) is 8.61. The fraction of sp³-hybridized carbons (Fsp3) is 0.182. The number of ether oxygens (including phenoxy) is 1. The van der Waals surface area contributed by atoms with Gasteiger partial charge >= 0.3 is 5.97 Å². The summed E-state index contributed by atoms with van der Waals surface area (Å²) in [6.07, 6.45) is -0.0132. The molecule has 144 valence electrons. The van der Waals surface area contributed by atoms with E-state index in [4.69, 9.17) is 4.74 Å². The minimum Gasteiger partial charge on any atom is -0.467 e. The molecule has 0 unspecified atom stereocenters. The Balaban J connectivity index is 1.73. The van der Waals surface area contributed by atoms with Crippen molar-refractivity contribution < 1.29 is 23.1 Å². The van der Waals surface area contributed by atoms with Crippen molar-refractivity contribution in [2.24, 2.45) is 0 Å². The van der Waals surface area contributed by atoms with Crippen molar-refractivity contribution in [3.05, 3.63) is 83.4 Å². The summed E-state index contributed by atoms with van der Waals surface area (Å²) in [6, 6.07) is 15.6. The van der Waals surface area contributed by atoms with Gasteiger partial charge in [0, 0.05) is 12.5 Å². The maximum Gasteiger partial charge on any atom is 0.328 e. The molecule has 1 amide bonds. The van der Waals surface area contributed by atoms with Gasteiger partial charge < -0.3 is 10.1 Å². The summed E-state index contributed by atoms with van der Waals surface area (Å²) in [5.41, 5.74) is 1.04. The van der Waals surface area contributed by atoms with Gasteiger partial charge in [0.2, 0.25) is 5.91 Å². The van der Waals surface area contributed by atoms with Crippen LogP contribution in [0.2, 0.25) is 0 Å². The average molecular weight is 383 g/mol. The van der Waals surface area contributed by atoms with E-state index in [0.717, 1.165) is 34.5 Å². The van der Waals surface area contributed by atoms with Crippen molar-refractivity contribution in [1.29, 1.82) is 0 Å². The first-order chi connectivity index (χ1) is 13.4. The quantitative estimate of drug-likeness (QED) is 0.662. The molecule has 0 spiro atoms. The van der Waals surface area contributed by atoms with Gasteiger partial charge in [0.1, 0.15) is 17.7 Å². The van der Waals surface area contributed by atoms with Gasteiger partial charge in [-0.3, -0.25) is 4.79 Å². The maximum atomic E-state index is 13.3. The third kappa shape index (κ3) is 4.91. The first-order valence-corrected chi connectivity index (χ1v) is 8.74. The van der Waals surface area contributed by atoms with E-state index < -0.39 is 29.6 Å². The van der Waals surface area contributed by atoms with Crippen LogP contribution < -0.4 is 5.32 Å². The molecule has 4 nitrogen and oxygen atoms in total. The zero-order chi connectivity index (χ0) is 20.1. The van der Waals surface area contributed by atoms with E-state index in [2.05, 4.69) is 5.32 Å². The van der Waals surface area contributed by atoms with E-state index >= 15 is 0 Å². The lowest BCUT2D eigenvalue weighted by molar-refractivity contribution is -0.145. The van der Waals surface area contributed by atoms with Crippen molar-refractivity contribution in [1.82, 2.24) is 5.32 Å². The van der Waals surface area contributed by atoms with Gasteiger partial charge in [-0.1, -0.05) is 42.5 Å². The Morgan fingerprint density at radius 1 is 0.929 bits per heavy atom. The van der Waals surface area contributed by atoms with Crippen LogP contribution in [0.5, 0.6) is 0 Å². The van der Waals surface area contributed by atoms with Gasteiger partial charge in [-0.25, -0.2) is 13.6 Å². The van der Waals surface area contributed by atoms with Gasteiger partial charge in [-0.2, -0.15) is 0 Å². The Labute approximate surface area is 161 Å². The molecule has 3 rings (SSSR count). The van der Waals surface area contributed by atoms with Crippen LogP contribution in [-0.2, 0) is 27.2 Å². The molecule has 0 aromatic heterocycles. The molecule has 3 aromatic carbocycles. The summed E-state index contributed by atoms with van der Waals surface area (Å²) < 4.78 is 31.4. The number of benzene rings is 3. The molecule has 0 radical (unpaired) electrons. The average Bonchev–Trinajstić information content (AvgIpc) is 2.65. The lowest BCUT2D eigenvalue weighted by atomic mass is 10.0. The highest BCUT2D eigenvalue weighted by molar-refractivity contribution is 5.86. The molecule has 0 heterocycles. The van der Waals surface area contributed by atoms with E-state index in [1.165, 1.54) is 7.11 Å². The van der Waals surface area contributed by atoms with Crippen LogP contribution >= 0.6 is 0 Å². The van der Waals surface area contributed by atoms with Gasteiger partial charge in [-0.15, -0.1) is 0 Å². The van der Waals surface area contributed by atoms with Crippen LogP contribution in [0.15, 0.2) is 60.7 Å². The zero-order valence-electron chi connectivity index (χ0n) is 15.2. The number of halogens is 2. The molecule has 3 aromatic rings. The number of rotatable bonds is 6. The Kier molecular flexibility index (Phi) is 5.99. The maximum absolute atomic E-state index is 13.3. The summed E-state index contributed by atoms with van der Waals surface area (Å²) in [7, 11) is 1.24. The molecule has 0 bridgehead atoms. The summed E-state index contributed by atoms with van der Waals surface area (Å²) in [4.78, 5) is 24.4. The lowest BCUT2D eigenvalue weighted by Crippen LogP contribution is -2.43. The molecule has 0 aliphatic rings. The normalized spacial score (nSPS) is 11.8. The van der Waals surface area contributed by atoms with Crippen molar-refractivity contribution >= 4 is 22.6 Å². The lowest BCUT2D eigenvalue weighted by Gasteiger charge is -2.17. The highest BCUT2D eigenvalue weighted by atomic mass is 19.1. The summed E-state index contributed by atoms with van der Waals surface area (Å²) in [5.74, 6) is -2.64. The Bertz CT molecular complexity index is 999. The molecular formula is C22H19F2NO3. The molecular weight excluding hydrogens is 364 g/mol. The van der Waals surface area contributed by atoms with Crippen LogP contribution in [0.4, 0.5) is 8.78 Å². The van der Waals surface area contributed by atoms with Crippen LogP contribution in [0.25, 0.3) is 10.8 Å². The molecule has 0 aliphatic heterocycles. The molecule has 28 heavy (non-hydrogen) atoms. The van der Waals surface area contributed by atoms with E-state index in [1.54, 1.807) is 0 Å². The van der Waals surface area contributed by atoms with Gasteiger partial charge in [0.15, 0.2) is 0 Å². The first-order valence-electron chi connectivity index (χ1n) is 8.74. The highest BCUT2D eigenvalue weighted by Gasteiger charge is 2.22. The van der Waals surface area contributed by atoms with Crippen LogP contribution in [0, 0.1) is 11.6 Å². The number of nitrogens with one attached hydrogen (secondary N) is 1. The number of hydrogen-bond acceptors (Lipinski definition) is 3. The number of esters is 1. The third-order valence-electron chi connectivity index (χ3n) is 4.36. The predicted octanol–water partition coefficient (Wildman–Crippen LogP) is 3.56. The van der Waals surface area contributed by atoms with E-state index in [9.17, 15) is 18.4 Å². The standard InChI is InChI=1S/C22H19F2NO3/c1-28-22(27)20(11-14-6-7-16-4-2-3-5-17(16)8-14)25-21(26)12-15-9-18(23)13-19(24)10-15/h2-10,13,20H,11-12H2,1H3,(H,25,26)/t20-/m0/s1. The second-order valence-electron chi connectivity index (χ2n) is 6.48. The van der Waals surface area contributed by atoms with E-state index in [1.807, 2.05) is 42.5 Å². The number of methoxy groups -OCH3 is 1. The molecule has 0 aliphatic carbocycles. The SMILES string of the molecule is COC(=O)[C@H](Cc1ccc2ccccc2c1)NC(=O)Cc1cc(F)cc(F)c1. The van der Waals surface area contributed by atoms with Crippen LogP contribution in [0.1, 0.15) is 11.1 Å². The van der Waals surface area contributed by atoms with Crippen molar-refractivity contribution in [2.75, 3.05) is 7.11 Å². The summed E-state index contributed by atoms with van der Waals surface area (Å²) in [5, 5.41) is 4.68. The highest BCUT2D eigenvalue weighted by Crippen LogP contribution is 2.17. The van der Waals surface area contributed by atoms with Crippen LogP contribution in [-0.4, -0.2) is 25.0 Å². The predicted molar refractivity (Wildman–Crippen MR) is 102 cm³/mol. The van der Waals surface area contributed by atoms with Crippen LogP contribution in [0.3, 0.4) is 0 Å². The summed E-state index contributed by atoms with van der Waals surface area (Å²) in [6.45, 7) is 0. The molecule has 1 N–H and O–H groups in total. The van der Waals surface area contributed by atoms with Crippen molar-refractivity contribution in [3.8, 4) is 0 Å². The molecule has 0 saturated heterocycles. The Morgan fingerprint density at radius 3 is 2.29 bits per heavy atom. The molecule has 1 atom stereocenters. The van der Waals surface area contributed by atoms with E-state index in [-0.39, 0.29) is 18.4 Å². The van der Waals surface area contributed by atoms with Gasteiger partial charge in [-0.05, 0) is 34.0 Å². The minimum absolute atomic E-state index is 0.185. The zero-order valence-corrected chi connectivity index (χ0v) is 15.2. The minimum atomic E-state index is -0.905. The summed E-state index contributed by atoms with van der Waals surface area (Å²) >= 11 is 0. The monoisotopic (exact) mass is 383 g/mol. The first kappa shape index (κ1) is 19.5.